The van der Waals surface area contributed by atoms with E-state index in [9.17, 15) is 9.59 Å². The van der Waals surface area contributed by atoms with Gasteiger partial charge in [-0.3, -0.25) is 9.59 Å². The lowest BCUT2D eigenvalue weighted by Crippen LogP contribution is -2.37. The maximum absolute atomic E-state index is 12.1. The minimum absolute atomic E-state index is 0.0720. The second kappa shape index (κ2) is 6.92. The van der Waals surface area contributed by atoms with Crippen molar-refractivity contribution < 1.29 is 18.4 Å². The Morgan fingerprint density at radius 3 is 2.67 bits per heavy atom. The summed E-state index contributed by atoms with van der Waals surface area (Å²) in [6.07, 6.45) is 0. The summed E-state index contributed by atoms with van der Waals surface area (Å²) in [4.78, 5) is 25.4. The third-order valence-electron chi connectivity index (χ3n) is 3.45. The summed E-state index contributed by atoms with van der Waals surface area (Å²) >= 11 is 3.14. The van der Waals surface area contributed by atoms with Crippen LogP contribution in [0.25, 0.3) is 11.0 Å². The molecule has 0 unspecified atom stereocenters. The maximum Gasteiger partial charge on any atom is 0.289 e. The Balaban J connectivity index is 1.54. The first-order chi connectivity index (χ1) is 11.5. The van der Waals surface area contributed by atoms with Crippen LogP contribution < -0.4 is 5.32 Å². The Labute approximate surface area is 146 Å². The molecule has 0 atom stereocenters. The number of likely N-dealkylation sites (N-methyl/N-ethyl adjacent to an activating group) is 1. The van der Waals surface area contributed by atoms with E-state index in [4.69, 9.17) is 8.83 Å². The van der Waals surface area contributed by atoms with Crippen LogP contribution in [0.4, 0.5) is 0 Å². The van der Waals surface area contributed by atoms with Crippen molar-refractivity contribution in [2.45, 2.75) is 6.54 Å². The topological polar surface area (TPSA) is 75.7 Å². The fourth-order valence-corrected chi connectivity index (χ4v) is 2.58. The van der Waals surface area contributed by atoms with Crippen molar-refractivity contribution in [3.05, 3.63) is 58.7 Å². The number of hydrogen-bond acceptors (Lipinski definition) is 4. The predicted octanol–water partition coefficient (Wildman–Crippen LogP) is 3.18. The molecule has 2 heterocycles. The van der Waals surface area contributed by atoms with E-state index in [1.807, 2.05) is 30.3 Å². The van der Waals surface area contributed by atoms with Gasteiger partial charge in [0, 0.05) is 12.4 Å². The van der Waals surface area contributed by atoms with Gasteiger partial charge in [0.05, 0.1) is 13.1 Å². The Hall–Kier alpha value is -2.54. The summed E-state index contributed by atoms with van der Waals surface area (Å²) in [7, 11) is 1.54. The number of amides is 2. The Morgan fingerprint density at radius 2 is 1.96 bits per heavy atom. The zero-order chi connectivity index (χ0) is 17.1. The molecule has 6 nitrogen and oxygen atoms in total. The Kier molecular flexibility index (Phi) is 4.71. The molecule has 124 valence electrons. The number of carbonyl (C=O) groups is 2. The van der Waals surface area contributed by atoms with Crippen LogP contribution in [0.5, 0.6) is 0 Å². The van der Waals surface area contributed by atoms with E-state index in [2.05, 4.69) is 21.2 Å². The highest BCUT2D eigenvalue weighted by molar-refractivity contribution is 9.10. The van der Waals surface area contributed by atoms with Crippen molar-refractivity contribution >= 4 is 38.7 Å². The summed E-state index contributed by atoms with van der Waals surface area (Å²) < 4.78 is 11.3. The van der Waals surface area contributed by atoms with Crippen molar-refractivity contribution in [1.82, 2.24) is 10.2 Å². The molecule has 3 aromatic rings. The highest BCUT2D eigenvalue weighted by Crippen LogP contribution is 2.18. The molecule has 0 bridgehead atoms. The van der Waals surface area contributed by atoms with Crippen LogP contribution in [0.2, 0.25) is 0 Å². The average molecular weight is 391 g/mol. The Morgan fingerprint density at radius 1 is 1.17 bits per heavy atom. The summed E-state index contributed by atoms with van der Waals surface area (Å²) in [5.41, 5.74) is 0.775. The number of para-hydroxylation sites is 1. The molecular weight excluding hydrogens is 376 g/mol. The van der Waals surface area contributed by atoms with Crippen molar-refractivity contribution in [3.8, 4) is 0 Å². The van der Waals surface area contributed by atoms with Gasteiger partial charge in [-0.05, 0) is 40.2 Å². The largest absolute Gasteiger partial charge is 0.459 e. The summed E-state index contributed by atoms with van der Waals surface area (Å²) in [6, 6.07) is 12.7. The highest BCUT2D eigenvalue weighted by atomic mass is 79.9. The van der Waals surface area contributed by atoms with Crippen LogP contribution in [0.3, 0.4) is 0 Å². The predicted molar refractivity (Wildman–Crippen MR) is 91.4 cm³/mol. The second-order valence-electron chi connectivity index (χ2n) is 5.29. The molecule has 0 saturated carbocycles. The number of nitrogens with zero attached hydrogens (tertiary/aromatic N) is 1. The van der Waals surface area contributed by atoms with Crippen LogP contribution >= 0.6 is 15.9 Å². The Bertz CT molecular complexity index is 850. The summed E-state index contributed by atoms with van der Waals surface area (Å²) in [5.74, 6) is 0.194. The van der Waals surface area contributed by atoms with Crippen molar-refractivity contribution in [1.29, 1.82) is 0 Å². The fourth-order valence-electron chi connectivity index (χ4n) is 2.27. The number of halogens is 1. The maximum atomic E-state index is 12.1. The molecule has 0 aliphatic heterocycles. The molecule has 0 aliphatic carbocycles. The van der Waals surface area contributed by atoms with Gasteiger partial charge in [0.1, 0.15) is 11.3 Å². The van der Waals surface area contributed by atoms with E-state index in [1.54, 1.807) is 19.2 Å². The van der Waals surface area contributed by atoms with Gasteiger partial charge in [0.2, 0.25) is 5.91 Å². The molecule has 2 amide bonds. The van der Waals surface area contributed by atoms with Crippen LogP contribution in [0, 0.1) is 0 Å². The third-order valence-corrected chi connectivity index (χ3v) is 3.87. The van der Waals surface area contributed by atoms with E-state index in [0.717, 1.165) is 11.0 Å². The fraction of sp³-hybridized carbons (Fsp3) is 0.176. The SMILES string of the molecule is CN(CC(=O)NCc1cc2ccccc2o1)C(=O)c1ccc(Br)o1. The van der Waals surface area contributed by atoms with Crippen molar-refractivity contribution in [3.63, 3.8) is 0 Å². The van der Waals surface area contributed by atoms with Gasteiger partial charge in [0.15, 0.2) is 10.4 Å². The molecule has 0 saturated heterocycles. The highest BCUT2D eigenvalue weighted by Gasteiger charge is 2.18. The first-order valence-electron chi connectivity index (χ1n) is 7.28. The number of rotatable bonds is 5. The lowest BCUT2D eigenvalue weighted by molar-refractivity contribution is -0.121. The third kappa shape index (κ3) is 3.68. The standard InChI is InChI=1S/C17H15BrN2O4/c1-20(17(22)14-6-7-15(18)24-14)10-16(21)19-9-12-8-11-4-2-3-5-13(11)23-12/h2-8H,9-10H2,1H3,(H,19,21). The lowest BCUT2D eigenvalue weighted by Gasteiger charge is -2.15. The van der Waals surface area contributed by atoms with Crippen molar-refractivity contribution in [2.75, 3.05) is 13.6 Å². The second-order valence-corrected chi connectivity index (χ2v) is 6.07. The molecule has 7 heteroatoms. The van der Waals surface area contributed by atoms with E-state index >= 15 is 0 Å². The van der Waals surface area contributed by atoms with Gasteiger partial charge in [-0.25, -0.2) is 0 Å². The first-order valence-corrected chi connectivity index (χ1v) is 8.07. The van der Waals surface area contributed by atoms with E-state index in [0.29, 0.717) is 10.4 Å². The number of furan rings is 2. The first kappa shape index (κ1) is 16.3. The van der Waals surface area contributed by atoms with Gasteiger partial charge in [-0.1, -0.05) is 18.2 Å². The minimum atomic E-state index is -0.361. The summed E-state index contributed by atoms with van der Waals surface area (Å²) in [6.45, 7) is 0.194. The minimum Gasteiger partial charge on any atom is -0.459 e. The van der Waals surface area contributed by atoms with E-state index < -0.39 is 0 Å². The molecule has 0 spiro atoms. The normalized spacial score (nSPS) is 10.8. The molecule has 0 radical (unpaired) electrons. The van der Waals surface area contributed by atoms with Gasteiger partial charge in [-0.15, -0.1) is 0 Å². The molecule has 1 aromatic carbocycles. The van der Waals surface area contributed by atoms with Crippen molar-refractivity contribution in [2.24, 2.45) is 0 Å². The number of fused-ring (bicyclic) bond motifs is 1. The molecule has 0 aliphatic rings. The van der Waals surface area contributed by atoms with Crippen LogP contribution in [0.15, 0.2) is 56.0 Å². The smallest absolute Gasteiger partial charge is 0.289 e. The number of nitrogens with one attached hydrogen (secondary N) is 1. The molecule has 1 N–H and O–H groups in total. The molecular formula is C17H15BrN2O4. The zero-order valence-electron chi connectivity index (χ0n) is 12.9. The monoisotopic (exact) mass is 390 g/mol. The van der Waals surface area contributed by atoms with Crippen LogP contribution in [0.1, 0.15) is 16.3 Å². The molecule has 24 heavy (non-hydrogen) atoms. The quantitative estimate of drug-likeness (QED) is 0.725. The zero-order valence-corrected chi connectivity index (χ0v) is 14.5. The average Bonchev–Trinajstić information content (AvgIpc) is 3.17. The van der Waals surface area contributed by atoms with E-state index in [1.165, 1.54) is 4.90 Å². The number of carbonyl (C=O) groups excluding carboxylic acids is 2. The van der Waals surface area contributed by atoms with Gasteiger partial charge >= 0.3 is 0 Å². The van der Waals surface area contributed by atoms with E-state index in [-0.39, 0.29) is 30.7 Å². The van der Waals surface area contributed by atoms with Gasteiger partial charge in [0.25, 0.3) is 5.91 Å². The van der Waals surface area contributed by atoms with Gasteiger partial charge < -0.3 is 19.1 Å². The van der Waals surface area contributed by atoms with Crippen LogP contribution in [-0.2, 0) is 11.3 Å². The number of hydrogen-bond donors (Lipinski definition) is 1. The lowest BCUT2D eigenvalue weighted by atomic mass is 10.2. The van der Waals surface area contributed by atoms with Gasteiger partial charge in [-0.2, -0.15) is 0 Å². The number of benzene rings is 1. The molecule has 0 fully saturated rings. The molecule has 3 rings (SSSR count). The summed E-state index contributed by atoms with van der Waals surface area (Å²) in [5, 5.41) is 3.72. The molecule has 2 aromatic heterocycles. The van der Waals surface area contributed by atoms with Crippen LogP contribution in [-0.4, -0.2) is 30.3 Å².